The van der Waals surface area contributed by atoms with Gasteiger partial charge in [0.05, 0.1) is 12.5 Å². The van der Waals surface area contributed by atoms with E-state index in [-0.39, 0.29) is 11.9 Å². The topological polar surface area (TPSA) is 33.2 Å². The summed E-state index contributed by atoms with van der Waals surface area (Å²) < 4.78 is 0. The summed E-state index contributed by atoms with van der Waals surface area (Å²) in [6, 6.07) is 9.81. The molecule has 2 aromatic rings. The van der Waals surface area contributed by atoms with Gasteiger partial charge in [0.2, 0.25) is 5.91 Å². The van der Waals surface area contributed by atoms with Crippen molar-refractivity contribution in [1.29, 1.82) is 0 Å². The number of nitrogens with zero attached hydrogens (tertiary/aromatic N) is 2. The molecule has 1 amide bonds. The van der Waals surface area contributed by atoms with Crippen LogP contribution in [-0.4, -0.2) is 22.8 Å². The third-order valence-corrected chi connectivity index (χ3v) is 4.03. The van der Waals surface area contributed by atoms with Crippen molar-refractivity contribution >= 4 is 17.2 Å². The van der Waals surface area contributed by atoms with Crippen LogP contribution in [0.4, 0.5) is 0 Å². The number of aromatic nitrogens is 1. The number of carbonyl (C=O) groups excluding carboxylic acids is 1. The van der Waals surface area contributed by atoms with Gasteiger partial charge < -0.3 is 4.90 Å². The average molecular weight is 260 g/mol. The fraction of sp³-hybridized carbons (Fsp3) is 0.286. The zero-order chi connectivity index (χ0) is 13.0. The zero-order valence-electron chi connectivity index (χ0n) is 10.5. The van der Waals surface area contributed by atoms with Crippen molar-refractivity contribution < 1.29 is 4.79 Å². The molecule has 94 valence electrons. The number of rotatable bonds is 4. The van der Waals surface area contributed by atoms with Crippen molar-refractivity contribution in [2.75, 3.05) is 7.05 Å². The summed E-state index contributed by atoms with van der Waals surface area (Å²) in [5.74, 6) is 0.0922. The summed E-state index contributed by atoms with van der Waals surface area (Å²) in [7, 11) is 1.84. The fourth-order valence-corrected chi connectivity index (χ4v) is 2.54. The van der Waals surface area contributed by atoms with E-state index in [4.69, 9.17) is 0 Å². The van der Waals surface area contributed by atoms with Crippen LogP contribution in [0.3, 0.4) is 0 Å². The first-order chi connectivity index (χ1) is 8.68. The number of hydrogen-bond acceptors (Lipinski definition) is 3. The Labute approximate surface area is 111 Å². The van der Waals surface area contributed by atoms with E-state index in [9.17, 15) is 4.79 Å². The fourth-order valence-electron chi connectivity index (χ4n) is 1.72. The molecule has 1 unspecified atom stereocenters. The smallest absolute Gasteiger partial charge is 0.228 e. The lowest BCUT2D eigenvalue weighted by molar-refractivity contribution is -0.131. The van der Waals surface area contributed by atoms with Gasteiger partial charge in [-0.15, -0.1) is 11.3 Å². The molecule has 0 aliphatic carbocycles. The van der Waals surface area contributed by atoms with Crippen molar-refractivity contribution in [3.05, 3.63) is 52.5 Å². The maximum Gasteiger partial charge on any atom is 0.228 e. The molecule has 18 heavy (non-hydrogen) atoms. The van der Waals surface area contributed by atoms with Crippen LogP contribution in [-0.2, 0) is 11.2 Å². The normalized spacial score (nSPS) is 12.1. The molecule has 0 fully saturated rings. The molecule has 0 bridgehead atoms. The molecule has 3 nitrogen and oxygen atoms in total. The largest absolute Gasteiger partial charge is 0.338 e. The van der Waals surface area contributed by atoms with Gasteiger partial charge in [-0.25, -0.2) is 0 Å². The summed E-state index contributed by atoms with van der Waals surface area (Å²) in [5.41, 5.74) is 0.813. The molecular weight excluding hydrogens is 244 g/mol. The minimum atomic E-state index is 0.0922. The Morgan fingerprint density at radius 1 is 1.39 bits per heavy atom. The van der Waals surface area contributed by atoms with Gasteiger partial charge in [0.25, 0.3) is 0 Å². The molecule has 0 aliphatic heterocycles. The lowest BCUT2D eigenvalue weighted by Crippen LogP contribution is -2.30. The molecule has 2 heterocycles. The molecule has 0 aliphatic rings. The van der Waals surface area contributed by atoms with Gasteiger partial charge in [0, 0.05) is 23.8 Å². The van der Waals surface area contributed by atoms with Crippen molar-refractivity contribution in [2.45, 2.75) is 19.4 Å². The second kappa shape index (κ2) is 5.78. The Morgan fingerprint density at radius 2 is 2.22 bits per heavy atom. The highest BCUT2D eigenvalue weighted by Crippen LogP contribution is 2.23. The summed E-state index contributed by atoms with van der Waals surface area (Å²) >= 11 is 1.67. The molecule has 2 aromatic heterocycles. The third-order valence-electron chi connectivity index (χ3n) is 2.99. The van der Waals surface area contributed by atoms with Gasteiger partial charge in [0.15, 0.2) is 0 Å². The summed E-state index contributed by atoms with van der Waals surface area (Å²) in [5, 5.41) is 2.03. The minimum absolute atomic E-state index is 0.0922. The molecule has 0 aromatic carbocycles. The number of amides is 1. The number of likely N-dealkylation sites (N-methyl/N-ethyl adjacent to an activating group) is 1. The van der Waals surface area contributed by atoms with E-state index in [2.05, 4.69) is 11.1 Å². The van der Waals surface area contributed by atoms with Crippen LogP contribution < -0.4 is 0 Å². The molecule has 0 spiro atoms. The highest BCUT2D eigenvalue weighted by atomic mass is 32.1. The first kappa shape index (κ1) is 12.8. The molecule has 0 radical (unpaired) electrons. The number of pyridine rings is 1. The Morgan fingerprint density at radius 3 is 2.83 bits per heavy atom. The average Bonchev–Trinajstić information content (AvgIpc) is 2.92. The van der Waals surface area contributed by atoms with E-state index < -0.39 is 0 Å². The zero-order valence-corrected chi connectivity index (χ0v) is 11.4. The Kier molecular flexibility index (Phi) is 4.10. The Hall–Kier alpha value is -1.68. The van der Waals surface area contributed by atoms with E-state index in [1.54, 1.807) is 22.4 Å². The molecule has 1 atom stereocenters. The van der Waals surface area contributed by atoms with E-state index in [0.717, 1.165) is 5.69 Å². The predicted octanol–water partition coefficient (Wildman–Crippen LogP) is 2.91. The Balaban J connectivity index is 2.01. The van der Waals surface area contributed by atoms with Crippen LogP contribution in [0.5, 0.6) is 0 Å². The first-order valence-electron chi connectivity index (χ1n) is 5.87. The maximum absolute atomic E-state index is 12.1. The van der Waals surface area contributed by atoms with Crippen LogP contribution in [0, 0.1) is 0 Å². The molecular formula is C14H16N2OS. The monoisotopic (exact) mass is 260 g/mol. The summed E-state index contributed by atoms with van der Waals surface area (Å²) in [6.45, 7) is 2.04. The second-order valence-corrected chi connectivity index (χ2v) is 5.17. The van der Waals surface area contributed by atoms with E-state index in [0.29, 0.717) is 6.42 Å². The van der Waals surface area contributed by atoms with E-state index in [1.807, 2.05) is 43.6 Å². The lowest BCUT2D eigenvalue weighted by atomic mass is 10.2. The van der Waals surface area contributed by atoms with Crippen LogP contribution >= 0.6 is 11.3 Å². The van der Waals surface area contributed by atoms with Crippen LogP contribution in [0.1, 0.15) is 23.5 Å². The molecule has 0 saturated carbocycles. The Bertz CT molecular complexity index is 496. The van der Waals surface area contributed by atoms with Gasteiger partial charge in [0.1, 0.15) is 0 Å². The first-order valence-corrected chi connectivity index (χ1v) is 6.75. The highest BCUT2D eigenvalue weighted by Gasteiger charge is 2.18. The number of carbonyl (C=O) groups is 1. The maximum atomic E-state index is 12.1. The molecule has 4 heteroatoms. The SMILES string of the molecule is CC(c1cccs1)N(C)C(=O)Cc1ccccn1. The number of thiophene rings is 1. The number of hydrogen-bond donors (Lipinski definition) is 0. The van der Waals surface area contributed by atoms with Crippen molar-refractivity contribution in [2.24, 2.45) is 0 Å². The van der Waals surface area contributed by atoms with Crippen molar-refractivity contribution in [3.8, 4) is 0 Å². The predicted molar refractivity (Wildman–Crippen MR) is 73.4 cm³/mol. The van der Waals surface area contributed by atoms with Gasteiger partial charge >= 0.3 is 0 Å². The third kappa shape index (κ3) is 2.96. The molecule has 2 rings (SSSR count). The van der Waals surface area contributed by atoms with Gasteiger partial charge in [-0.3, -0.25) is 9.78 Å². The summed E-state index contributed by atoms with van der Waals surface area (Å²) in [6.07, 6.45) is 2.07. The van der Waals surface area contributed by atoms with Gasteiger partial charge in [-0.05, 0) is 30.5 Å². The van der Waals surface area contributed by atoms with E-state index >= 15 is 0 Å². The van der Waals surface area contributed by atoms with E-state index in [1.165, 1.54) is 4.88 Å². The standard InChI is InChI=1S/C14H16N2OS/c1-11(13-7-5-9-18-13)16(2)14(17)10-12-6-3-4-8-15-12/h3-9,11H,10H2,1-2H3. The minimum Gasteiger partial charge on any atom is -0.338 e. The van der Waals surface area contributed by atoms with Crippen molar-refractivity contribution in [3.63, 3.8) is 0 Å². The molecule has 0 N–H and O–H groups in total. The quantitative estimate of drug-likeness (QED) is 0.847. The van der Waals surface area contributed by atoms with Crippen LogP contribution in [0.15, 0.2) is 41.9 Å². The van der Waals surface area contributed by atoms with Crippen LogP contribution in [0.2, 0.25) is 0 Å². The second-order valence-electron chi connectivity index (χ2n) is 4.19. The lowest BCUT2D eigenvalue weighted by Gasteiger charge is -2.24. The highest BCUT2D eigenvalue weighted by molar-refractivity contribution is 7.10. The van der Waals surface area contributed by atoms with Crippen molar-refractivity contribution in [1.82, 2.24) is 9.88 Å². The molecule has 0 saturated heterocycles. The van der Waals surface area contributed by atoms with Gasteiger partial charge in [-0.1, -0.05) is 12.1 Å². The van der Waals surface area contributed by atoms with Crippen LogP contribution in [0.25, 0.3) is 0 Å². The van der Waals surface area contributed by atoms with Gasteiger partial charge in [-0.2, -0.15) is 0 Å². The summed E-state index contributed by atoms with van der Waals surface area (Å²) in [4.78, 5) is 19.3.